The van der Waals surface area contributed by atoms with Crippen molar-refractivity contribution in [2.24, 2.45) is 4.99 Å². The number of anilines is 1. The van der Waals surface area contributed by atoms with Crippen molar-refractivity contribution in [3.05, 3.63) is 59.2 Å². The molecule has 0 spiro atoms. The first-order valence-corrected chi connectivity index (χ1v) is 8.37. The van der Waals surface area contributed by atoms with Crippen molar-refractivity contribution < 1.29 is 13.6 Å². The summed E-state index contributed by atoms with van der Waals surface area (Å²) in [5.74, 6) is -1.48. The van der Waals surface area contributed by atoms with Gasteiger partial charge in [0.2, 0.25) is 0 Å². The standard InChI is InChI=1S/C20H23F2N3O/c1-5-24(3)13-23-18-11-17(22)15(10-14(18)2)20(26)12-25(4)19-9-7-6-8-16(19)21/h6-11,13H,5,12H2,1-4H3/b23-13+. The molecule has 0 aromatic heterocycles. The van der Waals surface area contributed by atoms with Gasteiger partial charge in [-0.2, -0.15) is 0 Å². The number of Topliss-reactive ketones (excluding diaryl/α,β-unsaturated/α-hetero) is 1. The monoisotopic (exact) mass is 359 g/mol. The Morgan fingerprint density at radius 2 is 1.85 bits per heavy atom. The highest BCUT2D eigenvalue weighted by Crippen LogP contribution is 2.24. The molecule has 0 amide bonds. The first kappa shape index (κ1) is 19.6. The number of carbonyl (C=O) groups is 1. The Morgan fingerprint density at radius 1 is 1.15 bits per heavy atom. The fourth-order valence-electron chi connectivity index (χ4n) is 2.41. The average Bonchev–Trinajstić information content (AvgIpc) is 2.61. The number of aryl methyl sites for hydroxylation is 1. The Hall–Kier alpha value is -2.76. The number of likely N-dealkylation sites (N-methyl/N-ethyl adjacent to an activating group) is 1. The van der Waals surface area contributed by atoms with E-state index in [0.29, 0.717) is 16.9 Å². The highest BCUT2D eigenvalue weighted by Gasteiger charge is 2.17. The molecule has 0 unspecified atom stereocenters. The Kier molecular flexibility index (Phi) is 6.44. The summed E-state index contributed by atoms with van der Waals surface area (Å²) in [6.45, 7) is 4.41. The van der Waals surface area contributed by atoms with E-state index in [1.807, 2.05) is 18.9 Å². The topological polar surface area (TPSA) is 35.9 Å². The quantitative estimate of drug-likeness (QED) is 0.422. The zero-order chi connectivity index (χ0) is 19.3. The fourth-order valence-corrected chi connectivity index (χ4v) is 2.41. The van der Waals surface area contributed by atoms with Gasteiger partial charge in [-0.15, -0.1) is 0 Å². The van der Waals surface area contributed by atoms with Crippen LogP contribution in [0.25, 0.3) is 0 Å². The zero-order valence-corrected chi connectivity index (χ0v) is 15.5. The van der Waals surface area contributed by atoms with Gasteiger partial charge in [-0.05, 0) is 37.6 Å². The van der Waals surface area contributed by atoms with Crippen LogP contribution < -0.4 is 4.90 Å². The van der Waals surface area contributed by atoms with Gasteiger partial charge in [-0.1, -0.05) is 12.1 Å². The predicted molar refractivity (Wildman–Crippen MR) is 102 cm³/mol. The van der Waals surface area contributed by atoms with Crippen molar-refractivity contribution in [1.29, 1.82) is 0 Å². The Labute approximate surface area is 152 Å². The third-order valence-corrected chi connectivity index (χ3v) is 4.12. The molecular formula is C20H23F2N3O. The number of carbonyl (C=O) groups excluding carboxylic acids is 1. The third kappa shape index (κ3) is 4.65. The molecule has 0 atom stereocenters. The number of nitrogens with zero attached hydrogens (tertiary/aromatic N) is 3. The van der Waals surface area contributed by atoms with Crippen molar-refractivity contribution >= 4 is 23.5 Å². The lowest BCUT2D eigenvalue weighted by Crippen LogP contribution is -2.27. The zero-order valence-electron chi connectivity index (χ0n) is 15.5. The molecule has 0 bridgehead atoms. The molecule has 4 nitrogen and oxygen atoms in total. The van der Waals surface area contributed by atoms with Gasteiger partial charge < -0.3 is 9.80 Å². The van der Waals surface area contributed by atoms with E-state index >= 15 is 0 Å². The van der Waals surface area contributed by atoms with Gasteiger partial charge in [0.15, 0.2) is 5.78 Å². The molecule has 0 aliphatic heterocycles. The summed E-state index contributed by atoms with van der Waals surface area (Å²) in [6.07, 6.45) is 1.62. The molecule has 0 saturated carbocycles. The number of ketones is 1. The summed E-state index contributed by atoms with van der Waals surface area (Å²) in [6, 6.07) is 8.90. The van der Waals surface area contributed by atoms with E-state index in [4.69, 9.17) is 0 Å². The molecule has 0 N–H and O–H groups in total. The molecule has 2 rings (SSSR count). The van der Waals surface area contributed by atoms with Gasteiger partial charge in [0.25, 0.3) is 0 Å². The van der Waals surface area contributed by atoms with E-state index in [1.165, 1.54) is 23.1 Å². The highest BCUT2D eigenvalue weighted by atomic mass is 19.1. The molecule has 0 aliphatic rings. The minimum atomic E-state index is -0.631. The van der Waals surface area contributed by atoms with E-state index in [1.54, 1.807) is 38.5 Å². The summed E-state index contributed by atoms with van der Waals surface area (Å²) in [7, 11) is 3.46. The van der Waals surface area contributed by atoms with Crippen LogP contribution in [0.1, 0.15) is 22.8 Å². The van der Waals surface area contributed by atoms with Crippen LogP contribution in [0, 0.1) is 18.6 Å². The molecule has 0 saturated heterocycles. The molecule has 26 heavy (non-hydrogen) atoms. The number of hydrogen-bond acceptors (Lipinski definition) is 3. The number of hydrogen-bond donors (Lipinski definition) is 0. The van der Waals surface area contributed by atoms with Crippen LogP contribution >= 0.6 is 0 Å². The summed E-state index contributed by atoms with van der Waals surface area (Å²) >= 11 is 0. The van der Waals surface area contributed by atoms with Crippen LogP contribution in [0.15, 0.2) is 41.4 Å². The third-order valence-electron chi connectivity index (χ3n) is 4.12. The van der Waals surface area contributed by atoms with Crippen molar-refractivity contribution in [2.45, 2.75) is 13.8 Å². The van der Waals surface area contributed by atoms with Gasteiger partial charge in [0.05, 0.1) is 29.8 Å². The largest absolute Gasteiger partial charge is 0.366 e. The summed E-state index contributed by atoms with van der Waals surface area (Å²) in [5.41, 5.74) is 1.45. The van der Waals surface area contributed by atoms with Gasteiger partial charge >= 0.3 is 0 Å². The van der Waals surface area contributed by atoms with E-state index in [0.717, 1.165) is 6.54 Å². The number of rotatable bonds is 7. The average molecular weight is 359 g/mol. The maximum Gasteiger partial charge on any atom is 0.185 e. The van der Waals surface area contributed by atoms with Crippen LogP contribution in [-0.4, -0.2) is 44.2 Å². The van der Waals surface area contributed by atoms with E-state index in [-0.39, 0.29) is 12.1 Å². The molecule has 0 aliphatic carbocycles. The number of para-hydroxylation sites is 1. The summed E-state index contributed by atoms with van der Waals surface area (Å²) in [5, 5.41) is 0. The molecule has 138 valence electrons. The Bertz CT molecular complexity index is 821. The van der Waals surface area contributed by atoms with Crippen LogP contribution in [0.4, 0.5) is 20.2 Å². The van der Waals surface area contributed by atoms with Gasteiger partial charge in [0.1, 0.15) is 11.6 Å². The van der Waals surface area contributed by atoms with Crippen molar-refractivity contribution in [1.82, 2.24) is 4.90 Å². The van der Waals surface area contributed by atoms with E-state index in [2.05, 4.69) is 4.99 Å². The second kappa shape index (κ2) is 8.56. The first-order chi connectivity index (χ1) is 12.3. The molecular weight excluding hydrogens is 336 g/mol. The minimum Gasteiger partial charge on any atom is -0.366 e. The van der Waals surface area contributed by atoms with Gasteiger partial charge in [0, 0.05) is 26.7 Å². The van der Waals surface area contributed by atoms with Crippen LogP contribution in [0.2, 0.25) is 0 Å². The number of aliphatic imine (C=N–C) groups is 1. The van der Waals surface area contributed by atoms with Gasteiger partial charge in [-0.3, -0.25) is 4.79 Å². The van der Waals surface area contributed by atoms with Crippen molar-refractivity contribution in [3.8, 4) is 0 Å². The lowest BCUT2D eigenvalue weighted by molar-refractivity contribution is 0.0996. The maximum atomic E-state index is 14.4. The van der Waals surface area contributed by atoms with Crippen LogP contribution in [0.5, 0.6) is 0 Å². The Morgan fingerprint density at radius 3 is 2.50 bits per heavy atom. The summed E-state index contributed by atoms with van der Waals surface area (Å²) < 4.78 is 28.2. The van der Waals surface area contributed by atoms with Crippen molar-refractivity contribution in [2.75, 3.05) is 32.1 Å². The lowest BCUT2D eigenvalue weighted by Gasteiger charge is -2.19. The number of benzene rings is 2. The fraction of sp³-hybridized carbons (Fsp3) is 0.300. The normalized spacial score (nSPS) is 11.0. The highest BCUT2D eigenvalue weighted by molar-refractivity contribution is 6.00. The molecule has 2 aromatic rings. The molecule has 0 fully saturated rings. The first-order valence-electron chi connectivity index (χ1n) is 8.37. The van der Waals surface area contributed by atoms with E-state index in [9.17, 15) is 13.6 Å². The molecule has 0 heterocycles. The molecule has 0 radical (unpaired) electrons. The number of halogens is 2. The smallest absolute Gasteiger partial charge is 0.185 e. The molecule has 6 heteroatoms. The van der Waals surface area contributed by atoms with Crippen LogP contribution in [0.3, 0.4) is 0 Å². The second-order valence-corrected chi connectivity index (χ2v) is 6.17. The minimum absolute atomic E-state index is 0.0199. The predicted octanol–water partition coefficient (Wildman–Crippen LogP) is 4.20. The summed E-state index contributed by atoms with van der Waals surface area (Å²) in [4.78, 5) is 20.1. The van der Waals surface area contributed by atoms with Crippen molar-refractivity contribution in [3.63, 3.8) is 0 Å². The maximum absolute atomic E-state index is 14.4. The van der Waals surface area contributed by atoms with Gasteiger partial charge in [-0.25, -0.2) is 13.8 Å². The second-order valence-electron chi connectivity index (χ2n) is 6.17. The van der Waals surface area contributed by atoms with E-state index < -0.39 is 17.4 Å². The lowest BCUT2D eigenvalue weighted by atomic mass is 10.0. The SMILES string of the molecule is CCN(C)/C=N/c1cc(F)c(C(=O)CN(C)c2ccccc2F)cc1C. The Balaban J connectivity index is 2.20. The molecule has 2 aromatic carbocycles. The van der Waals surface area contributed by atoms with Crippen LogP contribution in [-0.2, 0) is 0 Å².